The van der Waals surface area contributed by atoms with E-state index < -0.39 is 11.5 Å². The average molecular weight is 579 g/mol. The first-order valence-corrected chi connectivity index (χ1v) is 13.9. The highest BCUT2D eigenvalue weighted by atomic mass is 35.5. The second-order valence-corrected chi connectivity index (χ2v) is 10.5. The Bertz CT molecular complexity index is 1580. The van der Waals surface area contributed by atoms with Gasteiger partial charge in [0.25, 0.3) is 0 Å². The smallest absolute Gasteiger partial charge is 0.354 e. The number of nitrogens with two attached hydrogens (primary N) is 2. The first kappa shape index (κ1) is 30.0. The molecule has 2 heterocycles. The summed E-state index contributed by atoms with van der Waals surface area (Å²) in [5, 5.41) is 14.1. The number of rotatable bonds is 13. The van der Waals surface area contributed by atoms with Crippen molar-refractivity contribution in [2.75, 3.05) is 13.1 Å². The number of nitrogens with zero attached hydrogens (tertiary/aromatic N) is 2. The average Bonchev–Trinajstić information content (AvgIpc) is 3.34. The summed E-state index contributed by atoms with van der Waals surface area (Å²) in [7, 11) is 0. The molecule has 0 aliphatic rings. The van der Waals surface area contributed by atoms with Crippen molar-refractivity contribution in [1.82, 2.24) is 25.2 Å². The topological polar surface area (TPSA) is 151 Å². The van der Waals surface area contributed by atoms with E-state index in [2.05, 4.69) is 27.2 Å². The Kier molecular flexibility index (Phi) is 9.93. The lowest BCUT2D eigenvalue weighted by atomic mass is 10.0. The molecule has 0 fully saturated rings. The van der Waals surface area contributed by atoms with Crippen molar-refractivity contribution in [3.05, 3.63) is 93.8 Å². The quantitative estimate of drug-likeness (QED) is 0.0593. The number of hydrogen-bond donors (Lipinski definition) is 6. The molecule has 0 saturated carbocycles. The summed E-state index contributed by atoms with van der Waals surface area (Å²) in [6.45, 7) is 7.18. The van der Waals surface area contributed by atoms with E-state index in [9.17, 15) is 4.79 Å². The van der Waals surface area contributed by atoms with Crippen molar-refractivity contribution in [3.63, 3.8) is 0 Å². The number of halogens is 2. The lowest BCUT2D eigenvalue weighted by Crippen LogP contribution is -2.32. The van der Waals surface area contributed by atoms with Crippen molar-refractivity contribution in [3.8, 4) is 16.9 Å². The van der Waals surface area contributed by atoms with Crippen LogP contribution in [0.5, 0.6) is 0 Å². The fourth-order valence-electron chi connectivity index (χ4n) is 4.69. The van der Waals surface area contributed by atoms with Crippen molar-refractivity contribution in [2.24, 2.45) is 11.5 Å². The van der Waals surface area contributed by atoms with Gasteiger partial charge in [-0.2, -0.15) is 4.98 Å². The molecule has 0 bridgehead atoms. The molecule has 41 heavy (non-hydrogen) atoms. The molecule has 216 valence electrons. The molecule has 8 N–H and O–H groups in total. The number of nitrogens with one attached hydrogen (secondary N) is 4. The minimum absolute atomic E-state index is 0.0459. The molecule has 2 atom stereocenters. The molecule has 0 spiro atoms. The second-order valence-electron chi connectivity index (χ2n) is 10.1. The molecule has 2 aromatic carbocycles. The summed E-state index contributed by atoms with van der Waals surface area (Å²) in [5.74, 6) is -0.574. The fraction of sp³-hybridized carbons (Fsp3) is 0.300. The third kappa shape index (κ3) is 7.60. The molecule has 4 rings (SSSR count). The van der Waals surface area contributed by atoms with Crippen LogP contribution in [0.15, 0.2) is 66.1 Å². The number of fused-ring (bicyclic) bond motifs is 1. The molecular weight excluding hydrogens is 543 g/mol. The van der Waals surface area contributed by atoms with Gasteiger partial charge >= 0.3 is 5.69 Å². The van der Waals surface area contributed by atoms with Gasteiger partial charge in [0.2, 0.25) is 0 Å². The standard InChI is InChI=1S/C30H36ClFN8O/c1-3-25(36-12-5-13-37-29(34)35)20-8-10-22(11-9-20)40-17-21-16-26(38-28(21)39-30(40)41)23-14-19(7-4-6-18(2)33)15-24(31)27(23)32/h3,8-11,14-18,25,36H,1,4-7,12-13,33H2,2H3,(H4,34,35,37)(H,38,39,41)/t18-,25-/m0/s1. The van der Waals surface area contributed by atoms with E-state index in [0.29, 0.717) is 41.1 Å². The van der Waals surface area contributed by atoms with E-state index in [1.54, 1.807) is 24.4 Å². The van der Waals surface area contributed by atoms with Crippen LogP contribution in [0.25, 0.3) is 28.0 Å². The normalized spacial score (nSPS) is 12.8. The summed E-state index contributed by atoms with van der Waals surface area (Å²) in [5.41, 5.74) is 14.4. The molecule has 0 radical (unpaired) electrons. The van der Waals surface area contributed by atoms with E-state index >= 15 is 4.39 Å². The van der Waals surface area contributed by atoms with Crippen LogP contribution < -0.4 is 27.8 Å². The molecule has 0 aliphatic carbocycles. The van der Waals surface area contributed by atoms with Crippen LogP contribution in [0.3, 0.4) is 0 Å². The Labute approximate surface area is 243 Å². The van der Waals surface area contributed by atoms with Crippen LogP contribution in [-0.2, 0) is 6.42 Å². The van der Waals surface area contributed by atoms with Crippen LogP contribution >= 0.6 is 11.6 Å². The van der Waals surface area contributed by atoms with E-state index in [1.807, 2.05) is 37.3 Å². The monoisotopic (exact) mass is 578 g/mol. The molecule has 0 amide bonds. The first-order chi connectivity index (χ1) is 19.7. The van der Waals surface area contributed by atoms with Gasteiger partial charge in [-0.15, -0.1) is 6.58 Å². The molecule has 11 heteroatoms. The lowest BCUT2D eigenvalue weighted by molar-refractivity contribution is 0.591. The van der Waals surface area contributed by atoms with Crippen molar-refractivity contribution in [2.45, 2.75) is 44.7 Å². The molecule has 9 nitrogen and oxygen atoms in total. The van der Waals surface area contributed by atoms with E-state index in [-0.39, 0.29) is 23.1 Å². The number of aromatic nitrogens is 3. The van der Waals surface area contributed by atoms with Gasteiger partial charge in [-0.25, -0.2) is 9.18 Å². The third-order valence-electron chi connectivity index (χ3n) is 6.81. The molecule has 0 saturated heterocycles. The zero-order chi connectivity index (χ0) is 29.5. The Morgan fingerprint density at radius 1 is 1.24 bits per heavy atom. The Hall–Kier alpha value is -3.99. The number of H-pyrrole nitrogens is 1. The number of guanidine groups is 1. The highest BCUT2D eigenvalue weighted by Crippen LogP contribution is 2.31. The summed E-state index contributed by atoms with van der Waals surface area (Å²) in [6.07, 6.45) is 6.75. The van der Waals surface area contributed by atoms with Crippen LogP contribution in [0.4, 0.5) is 4.39 Å². The van der Waals surface area contributed by atoms with Crippen molar-refractivity contribution >= 4 is 28.6 Å². The SMILES string of the molecule is C=C[C@H](NCCCNC(=N)N)c1ccc(-n2cc3cc(-c4cc(CCC[C@H](C)N)cc(Cl)c4F)[nH]c3nc2=O)cc1. The fourth-order valence-corrected chi connectivity index (χ4v) is 4.93. The number of benzene rings is 2. The minimum Gasteiger partial charge on any atom is -0.370 e. The summed E-state index contributed by atoms with van der Waals surface area (Å²) in [4.78, 5) is 20.2. The zero-order valence-electron chi connectivity index (χ0n) is 23.0. The van der Waals surface area contributed by atoms with Crippen molar-refractivity contribution in [1.29, 1.82) is 5.41 Å². The van der Waals surface area contributed by atoms with Gasteiger partial charge in [0, 0.05) is 29.7 Å². The number of hydrogen-bond acceptors (Lipinski definition) is 5. The highest BCUT2D eigenvalue weighted by Gasteiger charge is 2.16. The van der Waals surface area contributed by atoms with Gasteiger partial charge in [-0.05, 0) is 80.6 Å². The van der Waals surface area contributed by atoms with Crippen LogP contribution in [0.1, 0.15) is 43.4 Å². The number of aromatic amines is 1. The van der Waals surface area contributed by atoms with E-state index in [1.165, 1.54) is 4.57 Å². The largest absolute Gasteiger partial charge is 0.370 e. The third-order valence-corrected chi connectivity index (χ3v) is 7.09. The Balaban J connectivity index is 1.54. The van der Waals surface area contributed by atoms with Crippen LogP contribution in [0.2, 0.25) is 5.02 Å². The molecule has 0 unspecified atom stereocenters. The van der Waals surface area contributed by atoms with E-state index in [4.69, 9.17) is 28.5 Å². The summed E-state index contributed by atoms with van der Waals surface area (Å²) < 4.78 is 16.5. The Morgan fingerprint density at radius 3 is 2.68 bits per heavy atom. The van der Waals surface area contributed by atoms with E-state index in [0.717, 1.165) is 36.8 Å². The first-order valence-electron chi connectivity index (χ1n) is 13.6. The van der Waals surface area contributed by atoms with Crippen LogP contribution in [-0.4, -0.2) is 39.6 Å². The highest BCUT2D eigenvalue weighted by molar-refractivity contribution is 6.31. The maximum absolute atomic E-state index is 15.1. The summed E-state index contributed by atoms with van der Waals surface area (Å²) in [6, 6.07) is 12.8. The van der Waals surface area contributed by atoms with Gasteiger partial charge < -0.3 is 27.1 Å². The Morgan fingerprint density at radius 2 is 2.00 bits per heavy atom. The zero-order valence-corrected chi connectivity index (χ0v) is 23.8. The second kappa shape index (κ2) is 13.6. The van der Waals surface area contributed by atoms with Gasteiger partial charge in [-0.1, -0.05) is 29.8 Å². The van der Waals surface area contributed by atoms with Gasteiger partial charge in [0.15, 0.2) is 11.8 Å². The van der Waals surface area contributed by atoms with Gasteiger partial charge in [0.1, 0.15) is 5.65 Å². The minimum atomic E-state index is -0.527. The predicted octanol–water partition coefficient (Wildman–Crippen LogP) is 4.53. The maximum atomic E-state index is 15.1. The molecule has 2 aromatic heterocycles. The van der Waals surface area contributed by atoms with Gasteiger partial charge in [0.05, 0.1) is 22.4 Å². The van der Waals surface area contributed by atoms with Gasteiger partial charge in [-0.3, -0.25) is 9.98 Å². The molecular formula is C30H36ClFN8O. The predicted molar refractivity (Wildman–Crippen MR) is 164 cm³/mol. The van der Waals surface area contributed by atoms with Crippen molar-refractivity contribution < 1.29 is 4.39 Å². The maximum Gasteiger partial charge on any atom is 0.354 e. The van der Waals surface area contributed by atoms with Crippen LogP contribution in [0, 0.1) is 11.2 Å². The summed E-state index contributed by atoms with van der Waals surface area (Å²) >= 11 is 6.23. The molecule has 4 aromatic rings. The molecule has 0 aliphatic heterocycles. The number of aryl methyl sites for hydroxylation is 1. The lowest BCUT2D eigenvalue weighted by Gasteiger charge is -2.16.